The third kappa shape index (κ3) is 4.93. The van der Waals surface area contributed by atoms with Gasteiger partial charge in [-0.15, -0.1) is 0 Å². The molecule has 1 aromatic carbocycles. The lowest BCUT2D eigenvalue weighted by Crippen LogP contribution is -2.37. The molecule has 0 saturated heterocycles. The Bertz CT molecular complexity index is 898. The second-order valence-corrected chi connectivity index (χ2v) is 11.5. The smallest absolute Gasteiger partial charge is 0.267 e. The summed E-state index contributed by atoms with van der Waals surface area (Å²) in [5.41, 5.74) is 0.658. The number of carbonyl (C=O) groups is 1. The maximum Gasteiger partial charge on any atom is 0.267 e. The summed E-state index contributed by atoms with van der Waals surface area (Å²) >= 11 is 0. The second kappa shape index (κ2) is 7.56. The maximum absolute atomic E-state index is 14.7. The molecule has 160 valence electrons. The van der Waals surface area contributed by atoms with E-state index in [0.29, 0.717) is 12.4 Å². The molecule has 3 saturated carbocycles. The maximum atomic E-state index is 14.7. The Kier molecular flexibility index (Phi) is 5.38. The lowest BCUT2D eigenvalue weighted by atomic mass is 9.62. The minimum Gasteiger partial charge on any atom is -0.493 e. The standard InChI is InChI=1S/C22H30FNO4S/c1-22(11-14-4-3-5-15(8-14)12-22)13-28-20-10-19(23)18(9-17(20)16-6-7-16)21(25)24-29(2,26)27/h9-10,14-16H,3-8,11-13H2,1-2H3,(H,24,25). The van der Waals surface area contributed by atoms with Crippen molar-refractivity contribution in [3.63, 3.8) is 0 Å². The minimum atomic E-state index is -3.75. The summed E-state index contributed by atoms with van der Waals surface area (Å²) in [6.45, 7) is 2.83. The summed E-state index contributed by atoms with van der Waals surface area (Å²) < 4.78 is 45.4. The van der Waals surface area contributed by atoms with Crippen LogP contribution in [0.1, 0.15) is 80.1 Å². The highest BCUT2D eigenvalue weighted by Crippen LogP contribution is 2.50. The first-order chi connectivity index (χ1) is 13.6. The van der Waals surface area contributed by atoms with E-state index in [-0.39, 0.29) is 16.9 Å². The van der Waals surface area contributed by atoms with E-state index in [9.17, 15) is 17.6 Å². The van der Waals surface area contributed by atoms with Crippen molar-refractivity contribution >= 4 is 15.9 Å². The second-order valence-electron chi connectivity index (χ2n) is 9.75. The van der Waals surface area contributed by atoms with E-state index in [1.165, 1.54) is 37.8 Å². The summed E-state index contributed by atoms with van der Waals surface area (Å²) in [6, 6.07) is 2.73. The van der Waals surface area contributed by atoms with Crippen molar-refractivity contribution in [2.75, 3.05) is 12.9 Å². The number of sulfonamides is 1. The molecule has 29 heavy (non-hydrogen) atoms. The third-order valence-corrected chi connectivity index (χ3v) is 7.23. The van der Waals surface area contributed by atoms with Gasteiger partial charge in [0.15, 0.2) is 0 Å². The van der Waals surface area contributed by atoms with E-state index in [4.69, 9.17) is 4.74 Å². The molecule has 0 heterocycles. The molecule has 0 spiro atoms. The molecule has 2 atom stereocenters. The van der Waals surface area contributed by atoms with Crippen LogP contribution in [0.3, 0.4) is 0 Å². The average Bonchev–Trinajstić information content (AvgIpc) is 3.43. The molecule has 2 unspecified atom stereocenters. The van der Waals surface area contributed by atoms with Crippen LogP contribution in [0.15, 0.2) is 12.1 Å². The van der Waals surface area contributed by atoms with Crippen LogP contribution in [-0.4, -0.2) is 27.2 Å². The predicted molar refractivity (Wildman–Crippen MR) is 109 cm³/mol. The Labute approximate surface area is 172 Å². The molecular formula is C22H30FNO4S. The van der Waals surface area contributed by atoms with Gasteiger partial charge in [-0.1, -0.05) is 26.2 Å². The highest BCUT2D eigenvalue weighted by molar-refractivity contribution is 7.89. The molecule has 2 bridgehead atoms. The van der Waals surface area contributed by atoms with Gasteiger partial charge in [0.1, 0.15) is 11.6 Å². The number of hydrogen-bond acceptors (Lipinski definition) is 4. The fourth-order valence-electron chi connectivity index (χ4n) is 5.43. The number of ether oxygens (including phenoxy) is 1. The molecule has 3 aliphatic carbocycles. The van der Waals surface area contributed by atoms with Crippen molar-refractivity contribution in [3.05, 3.63) is 29.1 Å². The minimum absolute atomic E-state index is 0.0949. The monoisotopic (exact) mass is 423 g/mol. The number of benzene rings is 1. The van der Waals surface area contributed by atoms with Crippen molar-refractivity contribution in [1.82, 2.24) is 4.72 Å². The van der Waals surface area contributed by atoms with E-state index >= 15 is 0 Å². The Balaban J connectivity index is 1.53. The fraction of sp³-hybridized carbons (Fsp3) is 0.682. The first kappa shape index (κ1) is 20.6. The molecule has 0 aliphatic heterocycles. The van der Waals surface area contributed by atoms with Crippen molar-refractivity contribution in [3.8, 4) is 5.75 Å². The van der Waals surface area contributed by atoms with Gasteiger partial charge in [0.2, 0.25) is 10.0 Å². The number of halogens is 1. The highest BCUT2D eigenvalue weighted by Gasteiger charge is 2.40. The van der Waals surface area contributed by atoms with E-state index < -0.39 is 21.7 Å². The van der Waals surface area contributed by atoms with Gasteiger partial charge >= 0.3 is 0 Å². The van der Waals surface area contributed by atoms with E-state index in [0.717, 1.165) is 49.3 Å². The van der Waals surface area contributed by atoms with Gasteiger partial charge in [0, 0.05) is 11.5 Å². The van der Waals surface area contributed by atoms with E-state index in [1.54, 1.807) is 0 Å². The van der Waals surface area contributed by atoms with Crippen LogP contribution < -0.4 is 9.46 Å². The molecule has 0 aromatic heterocycles. The number of fused-ring (bicyclic) bond motifs is 2. The molecule has 5 nitrogen and oxygen atoms in total. The van der Waals surface area contributed by atoms with Gasteiger partial charge in [0.25, 0.3) is 5.91 Å². The van der Waals surface area contributed by atoms with Gasteiger partial charge < -0.3 is 4.74 Å². The largest absolute Gasteiger partial charge is 0.493 e. The van der Waals surface area contributed by atoms with Crippen LogP contribution in [0, 0.1) is 23.1 Å². The summed E-state index contributed by atoms with van der Waals surface area (Å²) in [4.78, 5) is 12.2. The number of carbonyl (C=O) groups excluding carboxylic acids is 1. The van der Waals surface area contributed by atoms with Crippen molar-refractivity contribution in [2.45, 2.75) is 64.2 Å². The van der Waals surface area contributed by atoms with E-state index in [1.807, 2.05) is 4.72 Å². The summed E-state index contributed by atoms with van der Waals surface area (Å²) in [6.07, 6.45) is 10.4. The number of amides is 1. The lowest BCUT2D eigenvalue weighted by Gasteiger charge is -2.45. The molecule has 1 N–H and O–H groups in total. The SMILES string of the molecule is CC1(COc2cc(F)c(C(=O)NS(C)(=O)=O)cc2C2CC2)CC2CCCC(C2)C1. The van der Waals surface area contributed by atoms with Gasteiger partial charge in [-0.3, -0.25) is 4.79 Å². The number of nitrogens with one attached hydrogen (secondary N) is 1. The van der Waals surface area contributed by atoms with Crippen LogP contribution >= 0.6 is 0 Å². The molecule has 4 rings (SSSR count). The zero-order valence-electron chi connectivity index (χ0n) is 17.2. The molecule has 1 amide bonds. The lowest BCUT2D eigenvalue weighted by molar-refractivity contribution is 0.0294. The normalized spacial score (nSPS) is 29.3. The zero-order valence-corrected chi connectivity index (χ0v) is 18.0. The Hall–Kier alpha value is -1.63. The van der Waals surface area contributed by atoms with Crippen LogP contribution in [0.4, 0.5) is 4.39 Å². The Morgan fingerprint density at radius 3 is 2.45 bits per heavy atom. The molecule has 3 fully saturated rings. The topological polar surface area (TPSA) is 72.5 Å². The molecule has 0 radical (unpaired) electrons. The first-order valence-electron chi connectivity index (χ1n) is 10.6. The summed E-state index contributed by atoms with van der Waals surface area (Å²) in [5, 5.41) is 0. The van der Waals surface area contributed by atoms with Crippen LogP contribution in [0.5, 0.6) is 5.75 Å². The van der Waals surface area contributed by atoms with Crippen LogP contribution in [-0.2, 0) is 10.0 Å². The quantitative estimate of drug-likeness (QED) is 0.737. The van der Waals surface area contributed by atoms with Gasteiger partial charge in [-0.2, -0.15) is 0 Å². The molecular weight excluding hydrogens is 393 g/mol. The number of hydrogen-bond donors (Lipinski definition) is 1. The summed E-state index contributed by atoms with van der Waals surface area (Å²) in [5.74, 6) is 0.601. The van der Waals surface area contributed by atoms with Gasteiger partial charge in [-0.05, 0) is 61.5 Å². The van der Waals surface area contributed by atoms with Gasteiger partial charge in [-0.25, -0.2) is 17.5 Å². The molecule has 3 aliphatic rings. The van der Waals surface area contributed by atoms with Gasteiger partial charge in [0.05, 0.1) is 18.4 Å². The first-order valence-corrected chi connectivity index (χ1v) is 12.5. The molecule has 7 heteroatoms. The Morgan fingerprint density at radius 1 is 1.21 bits per heavy atom. The number of rotatable bonds is 6. The fourth-order valence-corrected chi connectivity index (χ4v) is 5.87. The molecule has 1 aromatic rings. The van der Waals surface area contributed by atoms with E-state index in [2.05, 4.69) is 6.92 Å². The Morgan fingerprint density at radius 2 is 1.86 bits per heavy atom. The zero-order chi connectivity index (χ0) is 20.8. The highest BCUT2D eigenvalue weighted by atomic mass is 32.2. The van der Waals surface area contributed by atoms with Crippen molar-refractivity contribution in [2.24, 2.45) is 17.3 Å². The third-order valence-electron chi connectivity index (χ3n) is 6.67. The summed E-state index contributed by atoms with van der Waals surface area (Å²) in [7, 11) is -3.75. The van der Waals surface area contributed by atoms with Crippen LogP contribution in [0.2, 0.25) is 0 Å². The van der Waals surface area contributed by atoms with Crippen molar-refractivity contribution in [1.29, 1.82) is 0 Å². The van der Waals surface area contributed by atoms with Crippen LogP contribution in [0.25, 0.3) is 0 Å². The van der Waals surface area contributed by atoms with Crippen molar-refractivity contribution < 1.29 is 22.3 Å². The average molecular weight is 424 g/mol. The predicted octanol–water partition coefficient (Wildman–Crippen LogP) is 4.38.